The first-order valence-corrected chi connectivity index (χ1v) is 7.15. The van der Waals surface area contributed by atoms with E-state index in [1.165, 1.54) is 0 Å². The Kier molecular flexibility index (Phi) is 4.16. The minimum atomic E-state index is 0.133. The lowest BCUT2D eigenvalue weighted by Gasteiger charge is -2.08. The first-order valence-electron chi connectivity index (χ1n) is 6.77. The highest BCUT2D eigenvalue weighted by atomic mass is 35.5. The molecular formula is C16H13ClN6. The van der Waals surface area contributed by atoms with E-state index in [9.17, 15) is 0 Å². The molecule has 0 aliphatic heterocycles. The summed E-state index contributed by atoms with van der Waals surface area (Å²) in [5.74, 6) is 5.33. The van der Waals surface area contributed by atoms with Crippen LogP contribution >= 0.6 is 11.6 Å². The number of hydrogen-bond donors (Lipinski definition) is 2. The molecule has 0 bridgehead atoms. The number of nitrogens with zero attached hydrogens (tertiary/aromatic N) is 4. The summed E-state index contributed by atoms with van der Waals surface area (Å²) in [6.07, 6.45) is 5.36. The minimum absolute atomic E-state index is 0.133. The fourth-order valence-electron chi connectivity index (χ4n) is 2.28. The van der Waals surface area contributed by atoms with E-state index in [2.05, 4.69) is 15.2 Å². The number of imidazole rings is 1. The summed E-state index contributed by atoms with van der Waals surface area (Å²) in [5, 5.41) is 7.27. The number of nitrogens with two attached hydrogens (primary N) is 1. The van der Waals surface area contributed by atoms with Crippen molar-refractivity contribution in [1.29, 1.82) is 5.53 Å². The fraction of sp³-hybridized carbons (Fsp3) is 0. The molecule has 1 heterocycles. The van der Waals surface area contributed by atoms with Crippen LogP contribution in [0.25, 0.3) is 16.8 Å². The molecular weight excluding hydrogens is 312 g/mol. The molecule has 3 rings (SSSR count). The Bertz CT molecular complexity index is 853. The van der Waals surface area contributed by atoms with Gasteiger partial charge in [0.25, 0.3) is 0 Å². The topological polar surface area (TPSA) is 92.4 Å². The van der Waals surface area contributed by atoms with Crippen LogP contribution in [-0.2, 0) is 0 Å². The summed E-state index contributed by atoms with van der Waals surface area (Å²) in [4.78, 5) is 4.03. The normalized spacial score (nSPS) is 11.4. The van der Waals surface area contributed by atoms with E-state index in [1.807, 2.05) is 41.1 Å². The third kappa shape index (κ3) is 2.97. The summed E-state index contributed by atoms with van der Waals surface area (Å²) < 4.78 is 1.92. The molecule has 0 spiro atoms. The molecule has 114 valence electrons. The van der Waals surface area contributed by atoms with E-state index in [-0.39, 0.29) is 5.84 Å². The number of rotatable bonds is 3. The molecule has 6 nitrogen and oxygen atoms in total. The van der Waals surface area contributed by atoms with E-state index in [0.29, 0.717) is 10.6 Å². The van der Waals surface area contributed by atoms with Crippen molar-refractivity contribution in [3.05, 3.63) is 71.8 Å². The van der Waals surface area contributed by atoms with Crippen molar-refractivity contribution in [3.63, 3.8) is 0 Å². The van der Waals surface area contributed by atoms with Crippen molar-refractivity contribution in [2.24, 2.45) is 16.1 Å². The van der Waals surface area contributed by atoms with Crippen LogP contribution in [0.5, 0.6) is 0 Å². The van der Waals surface area contributed by atoms with Gasteiger partial charge in [-0.1, -0.05) is 35.9 Å². The van der Waals surface area contributed by atoms with Gasteiger partial charge in [0.1, 0.15) is 0 Å². The number of benzene rings is 2. The summed E-state index contributed by atoms with van der Waals surface area (Å²) in [7, 11) is 0. The average Bonchev–Trinajstić information content (AvgIpc) is 3.11. The van der Waals surface area contributed by atoms with Crippen molar-refractivity contribution < 1.29 is 0 Å². The highest BCUT2D eigenvalue weighted by Crippen LogP contribution is 2.29. The van der Waals surface area contributed by atoms with Gasteiger partial charge in [-0.3, -0.25) is 0 Å². The standard InChI is InChI=1S/C16H13ClN6/c17-15-9-12(16(21-18)22-19)3-6-14(15)11-1-4-13(5-2-11)23-8-7-20-10-23/h1-10,18H,19H2/b21-18?,22-16-. The van der Waals surface area contributed by atoms with Crippen molar-refractivity contribution in [3.8, 4) is 16.8 Å². The van der Waals surface area contributed by atoms with Crippen LogP contribution in [-0.4, -0.2) is 15.4 Å². The Labute approximate surface area is 137 Å². The third-order valence-corrected chi connectivity index (χ3v) is 3.75. The molecule has 3 N–H and O–H groups in total. The Balaban J connectivity index is 1.94. The zero-order valence-electron chi connectivity index (χ0n) is 12.0. The van der Waals surface area contributed by atoms with Crippen molar-refractivity contribution in [2.75, 3.05) is 0 Å². The molecule has 0 unspecified atom stereocenters. The molecule has 0 aliphatic carbocycles. The maximum atomic E-state index is 7.04. The van der Waals surface area contributed by atoms with Gasteiger partial charge in [0.15, 0.2) is 5.84 Å². The maximum absolute atomic E-state index is 7.04. The van der Waals surface area contributed by atoms with Crippen LogP contribution < -0.4 is 5.84 Å². The molecule has 0 fully saturated rings. The van der Waals surface area contributed by atoms with Crippen LogP contribution in [0.2, 0.25) is 5.02 Å². The lowest BCUT2D eigenvalue weighted by molar-refractivity contribution is 1.06. The second-order valence-electron chi connectivity index (χ2n) is 4.78. The van der Waals surface area contributed by atoms with Gasteiger partial charge in [-0.2, -0.15) is 5.10 Å². The number of hydrazone groups is 1. The van der Waals surface area contributed by atoms with Crippen LogP contribution in [0.4, 0.5) is 0 Å². The molecule has 0 aliphatic rings. The van der Waals surface area contributed by atoms with E-state index in [0.717, 1.165) is 16.8 Å². The molecule has 3 aromatic rings. The molecule has 23 heavy (non-hydrogen) atoms. The van der Waals surface area contributed by atoms with E-state index in [4.69, 9.17) is 23.0 Å². The number of aromatic nitrogens is 2. The molecule has 0 atom stereocenters. The van der Waals surface area contributed by atoms with Gasteiger partial charge in [0, 0.05) is 34.2 Å². The second kappa shape index (κ2) is 6.41. The van der Waals surface area contributed by atoms with Crippen molar-refractivity contribution >= 4 is 17.4 Å². The quantitative estimate of drug-likeness (QED) is 0.252. The van der Waals surface area contributed by atoms with E-state index >= 15 is 0 Å². The second-order valence-corrected chi connectivity index (χ2v) is 5.18. The highest BCUT2D eigenvalue weighted by Gasteiger charge is 2.08. The van der Waals surface area contributed by atoms with Crippen molar-refractivity contribution in [2.45, 2.75) is 0 Å². The highest BCUT2D eigenvalue weighted by molar-refractivity contribution is 6.33. The molecule has 0 saturated carbocycles. The van der Waals surface area contributed by atoms with Crippen LogP contribution in [0.15, 0.2) is 71.4 Å². The van der Waals surface area contributed by atoms with E-state index in [1.54, 1.807) is 24.7 Å². The van der Waals surface area contributed by atoms with Gasteiger partial charge >= 0.3 is 0 Å². The number of halogens is 1. The predicted molar refractivity (Wildman–Crippen MR) is 89.9 cm³/mol. The number of hydrogen-bond acceptors (Lipinski definition) is 4. The monoisotopic (exact) mass is 324 g/mol. The summed E-state index contributed by atoms with van der Waals surface area (Å²) in [6.45, 7) is 0. The van der Waals surface area contributed by atoms with Gasteiger partial charge in [0.05, 0.1) is 6.33 Å². The summed E-state index contributed by atoms with van der Waals surface area (Å²) in [6, 6.07) is 13.3. The van der Waals surface area contributed by atoms with Crippen LogP contribution in [0, 0.1) is 5.53 Å². The zero-order chi connectivity index (χ0) is 16.2. The van der Waals surface area contributed by atoms with Gasteiger partial charge < -0.3 is 10.4 Å². The lowest BCUT2D eigenvalue weighted by atomic mass is 10.0. The van der Waals surface area contributed by atoms with Gasteiger partial charge in [-0.05, 0) is 23.8 Å². The summed E-state index contributed by atoms with van der Waals surface area (Å²) in [5.41, 5.74) is 10.5. The predicted octanol–water partition coefficient (Wildman–Crippen LogP) is 3.84. The molecule has 0 amide bonds. The third-order valence-electron chi connectivity index (χ3n) is 3.44. The molecule has 7 heteroatoms. The Morgan fingerprint density at radius 3 is 2.52 bits per heavy atom. The Morgan fingerprint density at radius 2 is 1.96 bits per heavy atom. The van der Waals surface area contributed by atoms with Gasteiger partial charge in [-0.15, -0.1) is 5.11 Å². The SMILES string of the molecule is N=N/C(=N\N)c1ccc(-c2ccc(-n3ccnc3)cc2)c(Cl)c1. The van der Waals surface area contributed by atoms with Gasteiger partial charge in [-0.25, -0.2) is 10.5 Å². The van der Waals surface area contributed by atoms with Crippen molar-refractivity contribution in [1.82, 2.24) is 9.55 Å². The molecule has 1 aromatic heterocycles. The fourth-order valence-corrected chi connectivity index (χ4v) is 2.57. The molecule has 0 saturated heterocycles. The van der Waals surface area contributed by atoms with E-state index < -0.39 is 0 Å². The minimum Gasteiger partial charge on any atom is -0.321 e. The molecule has 2 aromatic carbocycles. The lowest BCUT2D eigenvalue weighted by Crippen LogP contribution is -2.00. The average molecular weight is 325 g/mol. The van der Waals surface area contributed by atoms with Crippen LogP contribution in [0.3, 0.4) is 0 Å². The maximum Gasteiger partial charge on any atom is 0.199 e. The Morgan fingerprint density at radius 1 is 1.17 bits per heavy atom. The van der Waals surface area contributed by atoms with Crippen LogP contribution in [0.1, 0.15) is 5.56 Å². The first kappa shape index (κ1) is 14.9. The van der Waals surface area contributed by atoms with Gasteiger partial charge in [0.2, 0.25) is 0 Å². The number of nitrogens with one attached hydrogen (secondary N) is 1. The number of amidine groups is 1. The Hall–Kier alpha value is -2.99. The zero-order valence-corrected chi connectivity index (χ0v) is 12.8. The largest absolute Gasteiger partial charge is 0.321 e. The smallest absolute Gasteiger partial charge is 0.199 e. The molecule has 0 radical (unpaired) electrons. The summed E-state index contributed by atoms with van der Waals surface area (Å²) >= 11 is 6.35. The first-order chi connectivity index (χ1) is 11.2.